The maximum Gasteiger partial charge on any atom is 0.264 e. The molecular weight excluding hydrogens is 417 g/mol. The Kier molecular flexibility index (Phi) is 6.12. The van der Waals surface area contributed by atoms with Crippen LogP contribution in [0.2, 0.25) is 0 Å². The van der Waals surface area contributed by atoms with Gasteiger partial charge >= 0.3 is 0 Å². The third-order valence-corrected chi connectivity index (χ3v) is 6.00. The number of halogens is 3. The van der Waals surface area contributed by atoms with Crippen molar-refractivity contribution in [3.63, 3.8) is 0 Å². The third-order valence-electron chi connectivity index (χ3n) is 4.22. The highest BCUT2D eigenvalue weighted by atomic mass is 32.2. The van der Waals surface area contributed by atoms with Gasteiger partial charge in [-0.3, -0.25) is 9.10 Å². The minimum Gasteiger partial charge on any atom is -0.322 e. The standard InChI is InChI=1S/C21H17F3N2O3S/c1-14-2-9-18(10-3-14)30(28,29)26(17-7-4-15(22)5-8-17)13-21(27)25-20-11-6-16(23)12-19(20)24/h2-12H,13H2,1H3,(H,25,27). The maximum absolute atomic E-state index is 13.8. The third kappa shape index (κ3) is 4.80. The number of carbonyl (C=O) groups is 1. The van der Waals surface area contributed by atoms with Crippen LogP contribution in [0.5, 0.6) is 0 Å². The van der Waals surface area contributed by atoms with Crippen molar-refractivity contribution < 1.29 is 26.4 Å². The van der Waals surface area contributed by atoms with Gasteiger partial charge in [-0.15, -0.1) is 0 Å². The summed E-state index contributed by atoms with van der Waals surface area (Å²) in [5.41, 5.74) is 0.590. The zero-order valence-electron chi connectivity index (χ0n) is 15.8. The van der Waals surface area contributed by atoms with Crippen LogP contribution < -0.4 is 9.62 Å². The van der Waals surface area contributed by atoms with E-state index in [0.29, 0.717) is 6.07 Å². The molecule has 0 aliphatic rings. The summed E-state index contributed by atoms with van der Waals surface area (Å²) >= 11 is 0. The van der Waals surface area contributed by atoms with Gasteiger partial charge in [-0.2, -0.15) is 0 Å². The highest BCUT2D eigenvalue weighted by Gasteiger charge is 2.27. The van der Waals surface area contributed by atoms with Crippen molar-refractivity contribution in [3.05, 3.63) is 89.7 Å². The molecule has 1 amide bonds. The van der Waals surface area contributed by atoms with Gasteiger partial charge in [0.2, 0.25) is 5.91 Å². The molecule has 3 aromatic carbocycles. The number of aryl methyl sites for hydroxylation is 1. The Bertz CT molecular complexity index is 1170. The van der Waals surface area contributed by atoms with Crippen molar-refractivity contribution in [1.82, 2.24) is 0 Å². The molecule has 0 heterocycles. The van der Waals surface area contributed by atoms with Gasteiger partial charge in [-0.25, -0.2) is 21.6 Å². The van der Waals surface area contributed by atoms with E-state index >= 15 is 0 Å². The van der Waals surface area contributed by atoms with Crippen LogP contribution in [0.4, 0.5) is 24.5 Å². The molecule has 1 N–H and O–H groups in total. The summed E-state index contributed by atoms with van der Waals surface area (Å²) in [7, 11) is -4.19. The predicted octanol–water partition coefficient (Wildman–Crippen LogP) is 4.25. The van der Waals surface area contributed by atoms with Gasteiger partial charge in [-0.05, 0) is 55.5 Å². The summed E-state index contributed by atoms with van der Waals surface area (Å²) in [6, 6.07) is 13.1. The van der Waals surface area contributed by atoms with Gasteiger partial charge in [0.15, 0.2) is 0 Å². The molecule has 0 aliphatic heterocycles. The molecule has 3 aromatic rings. The van der Waals surface area contributed by atoms with E-state index in [2.05, 4.69) is 5.32 Å². The second-order valence-corrected chi connectivity index (χ2v) is 8.34. The lowest BCUT2D eigenvalue weighted by molar-refractivity contribution is -0.114. The van der Waals surface area contributed by atoms with E-state index in [9.17, 15) is 26.4 Å². The van der Waals surface area contributed by atoms with Crippen LogP contribution in [0.15, 0.2) is 71.6 Å². The Morgan fingerprint density at radius 3 is 2.10 bits per heavy atom. The zero-order chi connectivity index (χ0) is 21.9. The molecule has 3 rings (SSSR count). The average molecular weight is 434 g/mol. The molecule has 0 saturated heterocycles. The first kappa shape index (κ1) is 21.4. The SMILES string of the molecule is Cc1ccc(S(=O)(=O)N(CC(=O)Nc2ccc(F)cc2F)c2ccc(F)cc2)cc1. The molecule has 0 fully saturated rings. The summed E-state index contributed by atoms with van der Waals surface area (Å²) in [5.74, 6) is -3.26. The van der Waals surface area contributed by atoms with E-state index in [4.69, 9.17) is 0 Å². The van der Waals surface area contributed by atoms with Crippen molar-refractivity contribution in [2.45, 2.75) is 11.8 Å². The fourth-order valence-electron chi connectivity index (χ4n) is 2.67. The molecule has 0 aliphatic carbocycles. The topological polar surface area (TPSA) is 66.5 Å². The van der Waals surface area contributed by atoms with Crippen molar-refractivity contribution in [1.29, 1.82) is 0 Å². The van der Waals surface area contributed by atoms with E-state index < -0.39 is 39.9 Å². The lowest BCUT2D eigenvalue weighted by atomic mass is 10.2. The van der Waals surface area contributed by atoms with Gasteiger partial charge < -0.3 is 5.32 Å². The minimum atomic E-state index is -4.19. The first-order valence-electron chi connectivity index (χ1n) is 8.77. The van der Waals surface area contributed by atoms with Crippen molar-refractivity contribution in [2.75, 3.05) is 16.2 Å². The molecule has 5 nitrogen and oxygen atoms in total. The molecule has 0 aromatic heterocycles. The van der Waals surface area contributed by atoms with Crippen LogP contribution in [0, 0.1) is 24.4 Å². The molecule has 0 atom stereocenters. The number of hydrogen-bond acceptors (Lipinski definition) is 3. The van der Waals surface area contributed by atoms with Crippen LogP contribution in [-0.2, 0) is 14.8 Å². The lowest BCUT2D eigenvalue weighted by Gasteiger charge is -2.24. The minimum absolute atomic E-state index is 0.0479. The fraction of sp³-hybridized carbons (Fsp3) is 0.0952. The first-order chi connectivity index (χ1) is 14.2. The normalized spacial score (nSPS) is 11.2. The van der Waals surface area contributed by atoms with E-state index in [1.807, 2.05) is 0 Å². The Balaban J connectivity index is 1.94. The maximum atomic E-state index is 13.8. The van der Waals surface area contributed by atoms with Crippen molar-refractivity contribution in [2.24, 2.45) is 0 Å². The summed E-state index contributed by atoms with van der Waals surface area (Å²) in [6.07, 6.45) is 0. The van der Waals surface area contributed by atoms with Gasteiger partial charge in [0.05, 0.1) is 16.3 Å². The number of hydrogen-bond donors (Lipinski definition) is 1. The van der Waals surface area contributed by atoms with Crippen LogP contribution in [0.3, 0.4) is 0 Å². The zero-order valence-corrected chi connectivity index (χ0v) is 16.6. The van der Waals surface area contributed by atoms with Gasteiger partial charge in [0.1, 0.15) is 24.0 Å². The van der Waals surface area contributed by atoms with Gasteiger partial charge in [-0.1, -0.05) is 17.7 Å². The molecule has 0 bridgehead atoms. The number of nitrogens with one attached hydrogen (secondary N) is 1. The number of amides is 1. The Morgan fingerprint density at radius 2 is 1.50 bits per heavy atom. The number of carbonyl (C=O) groups excluding carboxylic acids is 1. The quantitative estimate of drug-likeness (QED) is 0.631. The number of benzene rings is 3. The molecule has 9 heteroatoms. The van der Waals surface area contributed by atoms with Crippen LogP contribution in [0.25, 0.3) is 0 Å². The second-order valence-electron chi connectivity index (χ2n) is 6.47. The molecular formula is C21H17F3N2O3S. The smallest absolute Gasteiger partial charge is 0.264 e. The van der Waals surface area contributed by atoms with E-state index in [0.717, 1.165) is 34.1 Å². The number of sulfonamides is 1. The number of anilines is 2. The summed E-state index contributed by atoms with van der Waals surface area (Å²) in [6.45, 7) is 1.08. The average Bonchev–Trinajstić information content (AvgIpc) is 2.69. The molecule has 30 heavy (non-hydrogen) atoms. The monoisotopic (exact) mass is 434 g/mol. The molecule has 156 valence electrons. The Morgan fingerprint density at radius 1 is 0.900 bits per heavy atom. The lowest BCUT2D eigenvalue weighted by Crippen LogP contribution is -2.38. The fourth-order valence-corrected chi connectivity index (χ4v) is 4.09. The summed E-state index contributed by atoms with van der Waals surface area (Å²) < 4.78 is 67.3. The molecule has 0 spiro atoms. The van der Waals surface area contributed by atoms with E-state index in [1.54, 1.807) is 19.1 Å². The highest BCUT2D eigenvalue weighted by Crippen LogP contribution is 2.25. The van der Waals surface area contributed by atoms with Crippen molar-refractivity contribution in [3.8, 4) is 0 Å². The summed E-state index contributed by atoms with van der Waals surface area (Å²) in [4.78, 5) is 12.4. The summed E-state index contributed by atoms with van der Waals surface area (Å²) in [5, 5.41) is 2.22. The van der Waals surface area contributed by atoms with E-state index in [1.165, 1.54) is 24.3 Å². The Hall–Kier alpha value is -3.33. The highest BCUT2D eigenvalue weighted by molar-refractivity contribution is 7.92. The number of rotatable bonds is 6. The van der Waals surface area contributed by atoms with Crippen molar-refractivity contribution >= 4 is 27.3 Å². The first-order valence-corrected chi connectivity index (χ1v) is 10.2. The Labute approximate surface area is 171 Å². The predicted molar refractivity (Wildman–Crippen MR) is 107 cm³/mol. The second kappa shape index (κ2) is 8.58. The largest absolute Gasteiger partial charge is 0.322 e. The molecule has 0 saturated carbocycles. The molecule has 0 unspecified atom stereocenters. The van der Waals surface area contributed by atoms with Gasteiger partial charge in [0.25, 0.3) is 10.0 Å². The molecule has 0 radical (unpaired) electrons. The van der Waals surface area contributed by atoms with Crippen LogP contribution >= 0.6 is 0 Å². The van der Waals surface area contributed by atoms with Crippen LogP contribution in [-0.4, -0.2) is 20.9 Å². The number of nitrogens with zero attached hydrogens (tertiary/aromatic N) is 1. The van der Waals surface area contributed by atoms with Gasteiger partial charge in [0, 0.05) is 6.07 Å². The van der Waals surface area contributed by atoms with Crippen LogP contribution in [0.1, 0.15) is 5.56 Å². The van der Waals surface area contributed by atoms with E-state index in [-0.39, 0.29) is 16.3 Å².